The van der Waals surface area contributed by atoms with Crippen LogP contribution in [0.25, 0.3) is 0 Å². The normalized spacial score (nSPS) is 21.7. The van der Waals surface area contributed by atoms with Crippen LogP contribution in [0.3, 0.4) is 0 Å². The van der Waals surface area contributed by atoms with Gasteiger partial charge in [0.1, 0.15) is 9.84 Å². The van der Waals surface area contributed by atoms with E-state index in [1.165, 1.54) is 6.26 Å². The van der Waals surface area contributed by atoms with Crippen LogP contribution in [0.15, 0.2) is 0 Å². The Labute approximate surface area is 110 Å². The topological polar surface area (TPSA) is 64.6 Å². The van der Waals surface area contributed by atoms with Gasteiger partial charge in [-0.25, -0.2) is 8.42 Å². The van der Waals surface area contributed by atoms with Crippen molar-refractivity contribution in [2.75, 3.05) is 38.9 Å². The molecule has 0 radical (unpaired) electrons. The molecule has 0 aromatic heterocycles. The summed E-state index contributed by atoms with van der Waals surface area (Å²) in [4.78, 5) is 0. The molecule has 0 amide bonds. The molecular formula is C12H25NO4S. The summed E-state index contributed by atoms with van der Waals surface area (Å²) in [5.41, 5.74) is -0.285. The standard InChI is InChI=1S/C12H25NO4S/c1-4-17-12(6-8-16-9-7-12)11(13-2)5-10-18(3,14)15/h11,13H,4-10H2,1-3H3. The monoisotopic (exact) mass is 279 g/mol. The Kier molecular flexibility index (Phi) is 6.04. The van der Waals surface area contributed by atoms with Crippen LogP contribution in [0.1, 0.15) is 26.2 Å². The molecule has 1 fully saturated rings. The van der Waals surface area contributed by atoms with E-state index in [1.54, 1.807) is 0 Å². The highest BCUT2D eigenvalue weighted by atomic mass is 32.2. The van der Waals surface area contributed by atoms with Crippen LogP contribution in [0.2, 0.25) is 0 Å². The molecule has 1 atom stereocenters. The highest BCUT2D eigenvalue weighted by molar-refractivity contribution is 7.90. The molecule has 1 aliphatic rings. The van der Waals surface area contributed by atoms with Crippen molar-refractivity contribution in [1.82, 2.24) is 5.32 Å². The Morgan fingerprint density at radius 1 is 1.39 bits per heavy atom. The van der Waals surface area contributed by atoms with Gasteiger partial charge in [-0.1, -0.05) is 0 Å². The molecular weight excluding hydrogens is 254 g/mol. The molecule has 1 heterocycles. The largest absolute Gasteiger partial charge is 0.381 e. The Morgan fingerprint density at radius 2 is 2.00 bits per heavy atom. The maximum atomic E-state index is 11.3. The first-order chi connectivity index (χ1) is 8.43. The fourth-order valence-corrected chi connectivity index (χ4v) is 3.26. The van der Waals surface area contributed by atoms with Crippen molar-refractivity contribution in [2.24, 2.45) is 0 Å². The average Bonchev–Trinajstić information content (AvgIpc) is 2.30. The molecule has 1 saturated heterocycles. The Morgan fingerprint density at radius 3 is 2.44 bits per heavy atom. The van der Waals surface area contributed by atoms with Crippen molar-refractivity contribution >= 4 is 9.84 Å². The molecule has 18 heavy (non-hydrogen) atoms. The van der Waals surface area contributed by atoms with Gasteiger partial charge in [0.05, 0.1) is 11.4 Å². The molecule has 0 aliphatic carbocycles. The Hall–Kier alpha value is -0.170. The summed E-state index contributed by atoms with van der Waals surface area (Å²) in [6, 6.07) is 0.0519. The van der Waals surface area contributed by atoms with E-state index in [2.05, 4.69) is 5.32 Å². The molecule has 0 aromatic rings. The molecule has 6 heteroatoms. The molecule has 1 rings (SSSR count). The molecule has 1 aliphatic heterocycles. The fraction of sp³-hybridized carbons (Fsp3) is 1.00. The van der Waals surface area contributed by atoms with Gasteiger partial charge in [0.15, 0.2) is 0 Å². The third-order valence-electron chi connectivity index (χ3n) is 3.53. The summed E-state index contributed by atoms with van der Waals surface area (Å²) in [6.07, 6.45) is 3.48. The van der Waals surface area contributed by atoms with Crippen LogP contribution in [0.4, 0.5) is 0 Å². The zero-order valence-corrected chi connectivity index (χ0v) is 12.4. The van der Waals surface area contributed by atoms with Gasteiger partial charge in [-0.2, -0.15) is 0 Å². The van der Waals surface area contributed by atoms with Gasteiger partial charge < -0.3 is 14.8 Å². The van der Waals surface area contributed by atoms with E-state index in [-0.39, 0.29) is 17.4 Å². The Bertz CT molecular complexity index is 330. The van der Waals surface area contributed by atoms with Crippen LogP contribution >= 0.6 is 0 Å². The van der Waals surface area contributed by atoms with Gasteiger partial charge in [-0.3, -0.25) is 0 Å². The molecule has 0 aromatic carbocycles. The van der Waals surface area contributed by atoms with Gasteiger partial charge in [0.2, 0.25) is 0 Å². The predicted octanol–water partition coefficient (Wildman–Crippen LogP) is 0.595. The van der Waals surface area contributed by atoms with Crippen molar-refractivity contribution in [3.63, 3.8) is 0 Å². The first-order valence-electron chi connectivity index (χ1n) is 6.50. The van der Waals surface area contributed by atoms with E-state index < -0.39 is 9.84 Å². The number of sulfone groups is 1. The maximum absolute atomic E-state index is 11.3. The van der Waals surface area contributed by atoms with Crippen LogP contribution in [-0.2, 0) is 19.3 Å². The number of hydrogen-bond donors (Lipinski definition) is 1. The second-order valence-corrected chi connectivity index (χ2v) is 7.13. The van der Waals surface area contributed by atoms with E-state index in [0.717, 1.165) is 12.8 Å². The minimum absolute atomic E-state index is 0.0519. The fourth-order valence-electron chi connectivity index (χ4n) is 2.60. The second-order valence-electron chi connectivity index (χ2n) is 4.87. The van der Waals surface area contributed by atoms with Crippen LogP contribution in [-0.4, -0.2) is 58.9 Å². The number of ether oxygens (including phenoxy) is 2. The number of nitrogens with one attached hydrogen (secondary N) is 1. The summed E-state index contributed by atoms with van der Waals surface area (Å²) < 4.78 is 33.9. The lowest BCUT2D eigenvalue weighted by Crippen LogP contribution is -2.55. The van der Waals surface area contributed by atoms with Crippen molar-refractivity contribution in [3.8, 4) is 0 Å². The van der Waals surface area contributed by atoms with E-state index in [1.807, 2.05) is 14.0 Å². The van der Waals surface area contributed by atoms with Gasteiger partial charge in [-0.05, 0) is 20.4 Å². The van der Waals surface area contributed by atoms with Gasteiger partial charge in [0, 0.05) is 45.0 Å². The maximum Gasteiger partial charge on any atom is 0.147 e. The molecule has 1 N–H and O–H groups in total. The van der Waals surface area contributed by atoms with Crippen LogP contribution in [0.5, 0.6) is 0 Å². The van der Waals surface area contributed by atoms with E-state index in [9.17, 15) is 8.42 Å². The lowest BCUT2D eigenvalue weighted by atomic mass is 9.84. The minimum atomic E-state index is -2.94. The minimum Gasteiger partial charge on any atom is -0.381 e. The molecule has 108 valence electrons. The SMILES string of the molecule is CCOC1(C(CCS(C)(=O)=O)NC)CCOCC1. The molecule has 1 unspecified atom stereocenters. The van der Waals surface area contributed by atoms with E-state index in [0.29, 0.717) is 26.2 Å². The number of rotatable bonds is 7. The first kappa shape index (κ1) is 15.9. The zero-order valence-electron chi connectivity index (χ0n) is 11.6. The van der Waals surface area contributed by atoms with Crippen molar-refractivity contribution in [2.45, 2.75) is 37.8 Å². The van der Waals surface area contributed by atoms with Gasteiger partial charge >= 0.3 is 0 Å². The van der Waals surface area contributed by atoms with E-state index >= 15 is 0 Å². The van der Waals surface area contributed by atoms with Crippen LogP contribution < -0.4 is 5.32 Å². The highest BCUT2D eigenvalue weighted by Gasteiger charge is 2.40. The second kappa shape index (κ2) is 6.84. The van der Waals surface area contributed by atoms with Gasteiger partial charge in [-0.15, -0.1) is 0 Å². The van der Waals surface area contributed by atoms with Crippen molar-refractivity contribution in [1.29, 1.82) is 0 Å². The smallest absolute Gasteiger partial charge is 0.147 e. The lowest BCUT2D eigenvalue weighted by molar-refractivity contribution is -0.126. The Balaban J connectivity index is 2.73. The van der Waals surface area contributed by atoms with Crippen molar-refractivity contribution in [3.05, 3.63) is 0 Å². The predicted molar refractivity (Wildman–Crippen MR) is 71.6 cm³/mol. The highest BCUT2D eigenvalue weighted by Crippen LogP contribution is 2.30. The quantitative estimate of drug-likeness (QED) is 0.739. The summed E-state index contributed by atoms with van der Waals surface area (Å²) in [5, 5.41) is 3.22. The first-order valence-corrected chi connectivity index (χ1v) is 8.56. The summed E-state index contributed by atoms with van der Waals surface area (Å²) in [6.45, 7) is 3.96. The third kappa shape index (κ3) is 4.50. The average molecular weight is 279 g/mol. The molecule has 0 bridgehead atoms. The van der Waals surface area contributed by atoms with Crippen molar-refractivity contribution < 1.29 is 17.9 Å². The number of likely N-dealkylation sites (N-methyl/N-ethyl adjacent to an activating group) is 1. The summed E-state index contributed by atoms with van der Waals surface area (Å²) in [5.74, 6) is 0.189. The van der Waals surface area contributed by atoms with Crippen LogP contribution in [0, 0.1) is 0 Å². The van der Waals surface area contributed by atoms with E-state index in [4.69, 9.17) is 9.47 Å². The number of hydrogen-bond acceptors (Lipinski definition) is 5. The summed E-state index contributed by atoms with van der Waals surface area (Å²) >= 11 is 0. The molecule has 0 saturated carbocycles. The third-order valence-corrected chi connectivity index (χ3v) is 4.51. The summed E-state index contributed by atoms with van der Waals surface area (Å²) in [7, 11) is -1.07. The van der Waals surface area contributed by atoms with Gasteiger partial charge in [0.25, 0.3) is 0 Å². The lowest BCUT2D eigenvalue weighted by Gasteiger charge is -2.43. The molecule has 0 spiro atoms. The zero-order chi connectivity index (χ0) is 13.6. The molecule has 5 nitrogen and oxygen atoms in total.